The van der Waals surface area contributed by atoms with Crippen molar-refractivity contribution in [1.29, 1.82) is 0 Å². The van der Waals surface area contributed by atoms with Crippen LogP contribution in [0.25, 0.3) is 0 Å². The summed E-state index contributed by atoms with van der Waals surface area (Å²) in [7, 11) is 0.833. The van der Waals surface area contributed by atoms with Crippen LogP contribution in [0.15, 0.2) is 45.6 Å². The molecule has 0 radical (unpaired) electrons. The maximum Gasteiger partial charge on any atom is 0.141 e. The number of aliphatic hydroxyl groups is 1. The number of nitrogens with zero attached hydrogens (tertiary/aromatic N) is 2. The van der Waals surface area contributed by atoms with Crippen molar-refractivity contribution in [2.45, 2.75) is 11.4 Å². The third kappa shape index (κ3) is 7.05. The molecule has 9 heteroatoms. The van der Waals surface area contributed by atoms with Gasteiger partial charge in [-0.25, -0.2) is 4.99 Å². The Hall–Kier alpha value is -0.960. The van der Waals surface area contributed by atoms with Crippen LogP contribution in [0.5, 0.6) is 0 Å². The molecule has 1 atom stereocenters. The van der Waals surface area contributed by atoms with Gasteiger partial charge in [0.2, 0.25) is 0 Å². The molecule has 5 nitrogen and oxygen atoms in total. The minimum absolute atomic E-state index is 0. The Morgan fingerprint density at radius 3 is 2.64 bits per heavy atom. The highest BCUT2D eigenvalue weighted by Gasteiger charge is 2.10. The smallest absolute Gasteiger partial charge is 0.141 e. The van der Waals surface area contributed by atoms with Crippen molar-refractivity contribution in [2.75, 3.05) is 26.5 Å². The zero-order valence-corrected chi connectivity index (χ0v) is 17.3. The largest absolute Gasteiger partial charge is 0.395 e. The number of aliphatic hydroxyl groups excluding tert-OH is 1. The van der Waals surface area contributed by atoms with E-state index in [2.05, 4.69) is 4.99 Å². The van der Waals surface area contributed by atoms with E-state index in [-0.39, 0.29) is 31.4 Å². The molecule has 0 aliphatic carbocycles. The molecule has 0 spiro atoms. The van der Waals surface area contributed by atoms with E-state index < -0.39 is 10.8 Å². The molecule has 2 rings (SSSR count). The molecular formula is C16H23Cl2N3O2S2. The van der Waals surface area contributed by atoms with Gasteiger partial charge in [0.15, 0.2) is 0 Å². The molecule has 25 heavy (non-hydrogen) atoms. The van der Waals surface area contributed by atoms with Crippen LogP contribution in [-0.2, 0) is 17.3 Å². The molecule has 0 saturated carbocycles. The van der Waals surface area contributed by atoms with Gasteiger partial charge in [-0.3, -0.25) is 9.11 Å². The summed E-state index contributed by atoms with van der Waals surface area (Å²) in [4.78, 5) is 8.13. The van der Waals surface area contributed by atoms with Gasteiger partial charge in [-0.2, -0.15) is 0 Å². The highest BCUT2D eigenvalue weighted by atomic mass is 35.5. The minimum atomic E-state index is -1.08. The highest BCUT2D eigenvalue weighted by molar-refractivity contribution is 7.84. The Balaban J connectivity index is 0.00000288. The number of aliphatic imine (C=N–C) groups is 1. The highest BCUT2D eigenvalue weighted by Crippen LogP contribution is 2.23. The van der Waals surface area contributed by atoms with E-state index in [4.69, 9.17) is 10.8 Å². The van der Waals surface area contributed by atoms with Crippen LogP contribution < -0.4 is 5.73 Å². The Labute approximate surface area is 167 Å². The number of nitrogens with two attached hydrogens (primary N) is 1. The van der Waals surface area contributed by atoms with Crippen LogP contribution in [-0.4, -0.2) is 46.5 Å². The van der Waals surface area contributed by atoms with Crippen LogP contribution in [0.2, 0.25) is 0 Å². The number of hydrogen-bond acceptors (Lipinski definition) is 5. The fourth-order valence-electron chi connectivity index (χ4n) is 2.20. The molecule has 0 bridgehead atoms. The van der Waals surface area contributed by atoms with E-state index in [9.17, 15) is 4.21 Å². The van der Waals surface area contributed by atoms with Gasteiger partial charge >= 0.3 is 0 Å². The van der Waals surface area contributed by atoms with Crippen molar-refractivity contribution >= 4 is 58.5 Å². The van der Waals surface area contributed by atoms with Gasteiger partial charge in [0.05, 0.1) is 28.0 Å². The molecule has 0 fully saturated rings. The van der Waals surface area contributed by atoms with Crippen molar-refractivity contribution in [3.8, 4) is 0 Å². The summed E-state index contributed by atoms with van der Waals surface area (Å²) in [5, 5.41) is 11.0. The molecule has 1 heterocycles. The van der Waals surface area contributed by atoms with E-state index in [1.165, 1.54) is 11.3 Å². The van der Waals surface area contributed by atoms with Crippen LogP contribution in [0.1, 0.15) is 10.4 Å². The van der Waals surface area contributed by atoms with Crippen LogP contribution in [0.4, 0.5) is 5.69 Å². The number of benzene rings is 1. The molecule has 2 aromatic rings. The van der Waals surface area contributed by atoms with Crippen molar-refractivity contribution in [3.63, 3.8) is 0 Å². The van der Waals surface area contributed by atoms with Gasteiger partial charge in [-0.15, -0.1) is 36.2 Å². The summed E-state index contributed by atoms with van der Waals surface area (Å²) in [6.45, 7) is 1.24. The zero-order valence-electron chi connectivity index (χ0n) is 14.0. The third-order valence-electron chi connectivity index (χ3n) is 3.30. The second-order valence-corrected chi connectivity index (χ2v) is 7.48. The van der Waals surface area contributed by atoms with E-state index >= 15 is 0 Å². The SMILES string of the molecule is CN(CCO)Cc1cc(N=C(N)c2cccs2)ccc1S(C)=O.Cl.Cl. The van der Waals surface area contributed by atoms with Gasteiger partial charge in [0.1, 0.15) is 5.84 Å². The summed E-state index contributed by atoms with van der Waals surface area (Å²) in [5.41, 5.74) is 7.69. The number of halogens is 2. The van der Waals surface area contributed by atoms with E-state index in [0.717, 1.165) is 21.0 Å². The Morgan fingerprint density at radius 2 is 2.08 bits per heavy atom. The monoisotopic (exact) mass is 423 g/mol. The Morgan fingerprint density at radius 1 is 1.36 bits per heavy atom. The molecule has 3 N–H and O–H groups in total. The quantitative estimate of drug-likeness (QED) is 0.529. The molecule has 0 saturated heterocycles. The van der Waals surface area contributed by atoms with Gasteiger partial charge in [0, 0.05) is 24.2 Å². The second-order valence-electron chi connectivity index (χ2n) is 5.18. The summed E-state index contributed by atoms with van der Waals surface area (Å²) in [5.74, 6) is 0.472. The molecule has 1 aromatic heterocycles. The van der Waals surface area contributed by atoms with Gasteiger partial charge in [-0.05, 0) is 42.3 Å². The molecule has 0 aliphatic heterocycles. The lowest BCUT2D eigenvalue weighted by Crippen LogP contribution is -2.22. The number of hydrogen-bond donors (Lipinski definition) is 2. The van der Waals surface area contributed by atoms with Gasteiger partial charge in [-0.1, -0.05) is 6.07 Å². The van der Waals surface area contributed by atoms with Crippen LogP contribution >= 0.6 is 36.2 Å². The van der Waals surface area contributed by atoms with Gasteiger partial charge in [0.25, 0.3) is 0 Å². The van der Waals surface area contributed by atoms with E-state index in [1.54, 1.807) is 6.26 Å². The van der Waals surface area contributed by atoms with Crippen molar-refractivity contribution in [2.24, 2.45) is 10.7 Å². The second kappa shape index (κ2) is 11.6. The van der Waals surface area contributed by atoms with Crippen molar-refractivity contribution < 1.29 is 9.32 Å². The molecule has 0 amide bonds. The Kier molecular flexibility index (Phi) is 11.2. The maximum atomic E-state index is 11.9. The number of rotatable bonds is 7. The predicted octanol–water partition coefficient (Wildman–Crippen LogP) is 2.79. The fourth-order valence-corrected chi connectivity index (χ4v) is 3.58. The lowest BCUT2D eigenvalue weighted by atomic mass is 10.2. The van der Waals surface area contributed by atoms with Crippen molar-refractivity contribution in [1.82, 2.24) is 4.90 Å². The third-order valence-corrected chi connectivity index (χ3v) is 5.21. The average molecular weight is 424 g/mol. The van der Waals surface area contributed by atoms with Crippen LogP contribution in [0.3, 0.4) is 0 Å². The number of likely N-dealkylation sites (N-methyl/N-ethyl adjacent to an activating group) is 1. The fraction of sp³-hybridized carbons (Fsp3) is 0.312. The average Bonchev–Trinajstić information content (AvgIpc) is 3.01. The first-order chi connectivity index (χ1) is 11.0. The first kappa shape index (κ1) is 24.0. The molecule has 140 valence electrons. The van der Waals surface area contributed by atoms with Crippen LogP contribution in [0, 0.1) is 0 Å². The van der Waals surface area contributed by atoms with Gasteiger partial charge < -0.3 is 10.8 Å². The Bertz CT molecular complexity index is 709. The van der Waals surface area contributed by atoms with Crippen molar-refractivity contribution in [3.05, 3.63) is 46.2 Å². The first-order valence-corrected chi connectivity index (χ1v) is 9.59. The summed E-state index contributed by atoms with van der Waals surface area (Å²) in [6.07, 6.45) is 1.66. The standard InChI is InChI=1S/C16H21N3O2S2.2ClH/c1-19(7-8-20)11-12-10-13(5-6-15(12)23(2)21)18-16(17)14-4-3-9-22-14;;/h3-6,9-10,20H,7-8,11H2,1-2H3,(H2,17,18);2*1H. The normalized spacial score (nSPS) is 12.4. The lowest BCUT2D eigenvalue weighted by Gasteiger charge is -2.17. The van der Waals surface area contributed by atoms with E-state index in [0.29, 0.717) is 18.9 Å². The minimum Gasteiger partial charge on any atom is -0.395 e. The summed E-state index contributed by atoms with van der Waals surface area (Å²) >= 11 is 1.54. The topological polar surface area (TPSA) is 78.9 Å². The molecular weight excluding hydrogens is 401 g/mol. The predicted molar refractivity (Wildman–Crippen MR) is 111 cm³/mol. The summed E-state index contributed by atoms with van der Waals surface area (Å²) < 4.78 is 11.9. The number of thiophene rings is 1. The lowest BCUT2D eigenvalue weighted by molar-refractivity contribution is 0.216. The first-order valence-electron chi connectivity index (χ1n) is 7.15. The number of amidine groups is 1. The summed E-state index contributed by atoms with van der Waals surface area (Å²) in [6, 6.07) is 9.42. The maximum absolute atomic E-state index is 11.9. The molecule has 1 aromatic carbocycles. The molecule has 0 aliphatic rings. The molecule has 1 unspecified atom stereocenters. The zero-order chi connectivity index (χ0) is 16.8. The van der Waals surface area contributed by atoms with E-state index in [1.807, 2.05) is 47.7 Å².